The molecule has 0 aliphatic carbocycles. The van der Waals surface area contributed by atoms with Crippen molar-refractivity contribution in [3.63, 3.8) is 0 Å². The summed E-state index contributed by atoms with van der Waals surface area (Å²) in [6, 6.07) is 19.0. The predicted octanol–water partition coefficient (Wildman–Crippen LogP) is 7.70. The number of ether oxygens (including phenoxy) is 2. The second-order valence-corrected chi connectivity index (χ2v) is 14.1. The average molecular weight is 714 g/mol. The Morgan fingerprint density at radius 1 is 0.885 bits per heavy atom. The maximum absolute atomic E-state index is 13.8. The first-order chi connectivity index (χ1) is 24.4. The van der Waals surface area contributed by atoms with Crippen molar-refractivity contribution in [3.8, 4) is 0 Å². The number of anilines is 2. The van der Waals surface area contributed by atoms with Crippen molar-refractivity contribution in [2.24, 2.45) is 0 Å². The van der Waals surface area contributed by atoms with Gasteiger partial charge in [0.25, 0.3) is 5.69 Å². The van der Waals surface area contributed by atoms with Gasteiger partial charge in [-0.2, -0.15) is 4.90 Å². The van der Waals surface area contributed by atoms with Gasteiger partial charge in [0.15, 0.2) is 5.82 Å². The van der Waals surface area contributed by atoms with Crippen LogP contribution in [0, 0.1) is 10.1 Å². The number of carbonyl (C=O) groups excluding carboxylic acids is 3. The van der Waals surface area contributed by atoms with Crippen LogP contribution in [-0.4, -0.2) is 50.3 Å². The maximum Gasteiger partial charge on any atom is 0.425 e. The van der Waals surface area contributed by atoms with Crippen molar-refractivity contribution in [3.05, 3.63) is 106 Å². The molecular formula is C38H43N5O9. The minimum Gasteiger partial charge on any atom is -0.481 e. The number of nitro groups is 1. The lowest BCUT2D eigenvalue weighted by molar-refractivity contribution is -0.384. The molecule has 274 valence electrons. The van der Waals surface area contributed by atoms with E-state index in [1.165, 1.54) is 18.3 Å². The lowest BCUT2D eigenvalue weighted by Crippen LogP contribution is -2.44. The third-order valence-corrected chi connectivity index (χ3v) is 7.44. The monoisotopic (exact) mass is 713 g/mol. The second kappa shape index (κ2) is 16.3. The number of nitro benzene ring substituents is 1. The Balaban J connectivity index is 1.67. The number of non-ortho nitro benzene ring substituents is 1. The number of hydrogen-bond acceptors (Lipinski definition) is 10. The van der Waals surface area contributed by atoms with Crippen LogP contribution in [0.5, 0.6) is 0 Å². The van der Waals surface area contributed by atoms with Crippen molar-refractivity contribution in [1.29, 1.82) is 0 Å². The van der Waals surface area contributed by atoms with Crippen LogP contribution in [0.1, 0.15) is 77.1 Å². The van der Waals surface area contributed by atoms with Gasteiger partial charge in [-0.15, -0.1) is 0 Å². The average Bonchev–Trinajstić information content (AvgIpc) is 3.05. The molecule has 52 heavy (non-hydrogen) atoms. The number of carboxylic acids is 1. The van der Waals surface area contributed by atoms with Gasteiger partial charge in [-0.25, -0.2) is 14.6 Å². The summed E-state index contributed by atoms with van der Waals surface area (Å²) in [6.45, 7) is 10.1. The zero-order valence-electron chi connectivity index (χ0n) is 30.0. The number of carbonyl (C=O) groups is 4. The number of pyridine rings is 1. The fourth-order valence-electron chi connectivity index (χ4n) is 5.15. The highest BCUT2D eigenvalue weighted by Gasteiger charge is 2.34. The molecular weight excluding hydrogens is 670 g/mol. The van der Waals surface area contributed by atoms with Crippen molar-refractivity contribution in [1.82, 2.24) is 10.3 Å². The largest absolute Gasteiger partial charge is 0.481 e. The SMILES string of the molecule is CC(C)(C)OC(=O)N(C(=O)OC(C)(C)C)c1nccc2cc(NC(C(=O)NCc3cccc([N+](=O)[O-])c3)c3ccc(CCCC(=O)O)cc3)ccc12. The van der Waals surface area contributed by atoms with Gasteiger partial charge in [0.05, 0.1) is 4.92 Å². The molecule has 0 aliphatic heterocycles. The number of aliphatic carboxylic acids is 1. The van der Waals surface area contributed by atoms with Crippen LogP contribution in [0.15, 0.2) is 79.0 Å². The Kier molecular flexibility index (Phi) is 12.2. The third-order valence-electron chi connectivity index (χ3n) is 7.44. The Hall–Kier alpha value is -6.05. The number of rotatable bonds is 12. The zero-order chi connectivity index (χ0) is 38.2. The van der Waals surface area contributed by atoms with E-state index in [9.17, 15) is 29.3 Å². The molecule has 3 N–H and O–H groups in total. The van der Waals surface area contributed by atoms with Crippen LogP contribution < -0.4 is 15.5 Å². The summed E-state index contributed by atoms with van der Waals surface area (Å²) in [5, 5.41) is 27.4. The molecule has 1 heterocycles. The zero-order valence-corrected chi connectivity index (χ0v) is 30.0. The smallest absolute Gasteiger partial charge is 0.425 e. The number of benzene rings is 3. The van der Waals surface area contributed by atoms with Gasteiger partial charge < -0.3 is 25.2 Å². The maximum atomic E-state index is 13.8. The summed E-state index contributed by atoms with van der Waals surface area (Å²) in [7, 11) is 0. The summed E-state index contributed by atoms with van der Waals surface area (Å²) in [6.07, 6.45) is 0.571. The predicted molar refractivity (Wildman–Crippen MR) is 195 cm³/mol. The van der Waals surface area contributed by atoms with E-state index < -0.39 is 46.2 Å². The molecule has 1 unspecified atom stereocenters. The summed E-state index contributed by atoms with van der Waals surface area (Å²) in [5.41, 5.74) is 0.649. The molecule has 3 amide bonds. The first kappa shape index (κ1) is 38.7. The molecule has 0 fully saturated rings. The topological polar surface area (TPSA) is 190 Å². The Bertz CT molecular complexity index is 1920. The quantitative estimate of drug-likeness (QED) is 0.0963. The molecule has 1 atom stereocenters. The molecule has 3 aromatic carbocycles. The molecule has 4 aromatic rings. The molecule has 0 spiro atoms. The molecule has 0 saturated heterocycles. The van der Waals surface area contributed by atoms with E-state index in [-0.39, 0.29) is 24.5 Å². The first-order valence-electron chi connectivity index (χ1n) is 16.6. The minimum atomic E-state index is -0.962. The van der Waals surface area contributed by atoms with E-state index >= 15 is 0 Å². The molecule has 14 heteroatoms. The molecule has 0 bridgehead atoms. The van der Waals surface area contributed by atoms with E-state index in [1.54, 1.807) is 90.1 Å². The van der Waals surface area contributed by atoms with Crippen LogP contribution in [-0.2, 0) is 32.0 Å². The van der Waals surface area contributed by atoms with Crippen molar-refractivity contribution < 1.29 is 38.7 Å². The number of imide groups is 1. The summed E-state index contributed by atoms with van der Waals surface area (Å²) in [5.74, 6) is -1.29. The van der Waals surface area contributed by atoms with Gasteiger partial charge in [0.1, 0.15) is 17.2 Å². The third kappa shape index (κ3) is 11.0. The van der Waals surface area contributed by atoms with Crippen LogP contribution in [0.3, 0.4) is 0 Å². The fourth-order valence-corrected chi connectivity index (χ4v) is 5.15. The second-order valence-electron chi connectivity index (χ2n) is 14.1. The van der Waals surface area contributed by atoms with Gasteiger partial charge in [0.2, 0.25) is 5.91 Å². The highest BCUT2D eigenvalue weighted by molar-refractivity contribution is 6.14. The first-order valence-corrected chi connectivity index (χ1v) is 16.6. The highest BCUT2D eigenvalue weighted by Crippen LogP contribution is 2.31. The molecule has 0 saturated carbocycles. The number of aryl methyl sites for hydroxylation is 1. The Labute approximate surface area is 301 Å². The van der Waals surface area contributed by atoms with E-state index in [4.69, 9.17) is 14.6 Å². The number of hydrogen-bond donors (Lipinski definition) is 3. The molecule has 1 aromatic heterocycles. The number of amides is 3. The van der Waals surface area contributed by atoms with Crippen LogP contribution >= 0.6 is 0 Å². The molecule has 14 nitrogen and oxygen atoms in total. The fraction of sp³-hybridized carbons (Fsp3) is 0.342. The highest BCUT2D eigenvalue weighted by atomic mass is 16.6. The number of nitrogens with one attached hydrogen (secondary N) is 2. The summed E-state index contributed by atoms with van der Waals surface area (Å²) >= 11 is 0. The normalized spacial score (nSPS) is 12.0. The van der Waals surface area contributed by atoms with Crippen LogP contribution in [0.4, 0.5) is 26.8 Å². The van der Waals surface area contributed by atoms with Gasteiger partial charge >= 0.3 is 18.2 Å². The number of nitrogens with zero attached hydrogens (tertiary/aromatic N) is 3. The van der Waals surface area contributed by atoms with Crippen molar-refractivity contribution in [2.75, 3.05) is 10.2 Å². The summed E-state index contributed by atoms with van der Waals surface area (Å²) < 4.78 is 11.1. The van der Waals surface area contributed by atoms with Gasteiger partial charge in [-0.3, -0.25) is 19.7 Å². The van der Waals surface area contributed by atoms with Crippen LogP contribution in [0.25, 0.3) is 10.8 Å². The molecule has 0 radical (unpaired) electrons. The van der Waals surface area contributed by atoms with E-state index in [2.05, 4.69) is 15.6 Å². The standard InChI is InChI=1S/C38H43N5O9/c1-37(2,3)51-35(47)42(36(48)52-38(4,5)6)33-30-18-17-28(22-27(30)19-20-39-33)41-32(26-15-13-24(14-16-26)9-8-12-31(44)45)34(46)40-23-25-10-7-11-29(21-25)43(49)50/h7,10-11,13-22,32,41H,8-9,12,23H2,1-6H3,(H,40,46)(H,44,45). The lowest BCUT2D eigenvalue weighted by Gasteiger charge is -2.28. The molecule has 0 aliphatic rings. The van der Waals surface area contributed by atoms with E-state index in [1.807, 2.05) is 12.1 Å². The minimum absolute atomic E-state index is 0.00251. The lowest BCUT2D eigenvalue weighted by atomic mass is 10.0. The number of aromatic nitrogens is 1. The van der Waals surface area contributed by atoms with Crippen molar-refractivity contribution in [2.45, 2.75) is 84.6 Å². The summed E-state index contributed by atoms with van der Waals surface area (Å²) in [4.78, 5) is 67.3. The van der Waals surface area contributed by atoms with E-state index in [0.717, 1.165) is 10.5 Å². The van der Waals surface area contributed by atoms with Gasteiger partial charge in [0, 0.05) is 42.4 Å². The molecule has 4 rings (SSSR count). The van der Waals surface area contributed by atoms with E-state index in [0.29, 0.717) is 40.4 Å². The van der Waals surface area contributed by atoms with Gasteiger partial charge in [-0.05, 0) is 101 Å². The Morgan fingerprint density at radius 3 is 2.13 bits per heavy atom. The number of fused-ring (bicyclic) bond motifs is 1. The van der Waals surface area contributed by atoms with Crippen molar-refractivity contribution >= 4 is 52.0 Å². The Morgan fingerprint density at radius 2 is 1.54 bits per heavy atom. The van der Waals surface area contributed by atoms with Gasteiger partial charge in [-0.1, -0.05) is 36.4 Å². The number of carboxylic acid groups (broad SMARTS) is 1. The van der Waals surface area contributed by atoms with Crippen LogP contribution in [0.2, 0.25) is 0 Å².